The van der Waals surface area contributed by atoms with E-state index < -0.39 is 0 Å². The maximum atomic E-state index is 12.4. The number of aryl methyl sites for hydroxylation is 1. The van der Waals surface area contributed by atoms with Crippen LogP contribution in [0.4, 0.5) is 0 Å². The molecular formula is C24H26O4. The molecule has 1 aliphatic carbocycles. The van der Waals surface area contributed by atoms with Crippen LogP contribution in [0, 0.1) is 12.8 Å². The molecule has 0 spiro atoms. The minimum Gasteiger partial charge on any atom is -0.493 e. The SMILES string of the molecule is COc1cc(/C=C/C(=O)c2ccc(C)cc2)ccc1OC(=O)C1CCCCC1. The van der Waals surface area contributed by atoms with E-state index in [-0.39, 0.29) is 17.7 Å². The number of allylic oxidation sites excluding steroid dienone is 1. The van der Waals surface area contributed by atoms with Crippen LogP contribution in [0.2, 0.25) is 0 Å². The van der Waals surface area contributed by atoms with Crippen LogP contribution in [0.15, 0.2) is 48.5 Å². The molecule has 0 aromatic heterocycles. The molecule has 4 nitrogen and oxygen atoms in total. The second kappa shape index (κ2) is 9.36. The highest BCUT2D eigenvalue weighted by Gasteiger charge is 2.24. The summed E-state index contributed by atoms with van der Waals surface area (Å²) in [5, 5.41) is 0. The molecule has 0 bridgehead atoms. The summed E-state index contributed by atoms with van der Waals surface area (Å²) in [7, 11) is 1.54. The number of benzene rings is 2. The van der Waals surface area contributed by atoms with Crippen molar-refractivity contribution in [2.24, 2.45) is 5.92 Å². The molecule has 0 unspecified atom stereocenters. The van der Waals surface area contributed by atoms with Crippen molar-refractivity contribution in [1.29, 1.82) is 0 Å². The first-order chi connectivity index (χ1) is 13.6. The highest BCUT2D eigenvalue weighted by Crippen LogP contribution is 2.31. The Hall–Kier alpha value is -2.88. The molecule has 0 radical (unpaired) electrons. The first-order valence-corrected chi connectivity index (χ1v) is 9.75. The summed E-state index contributed by atoms with van der Waals surface area (Å²) >= 11 is 0. The second-order valence-electron chi connectivity index (χ2n) is 7.23. The van der Waals surface area contributed by atoms with Gasteiger partial charge in [-0.15, -0.1) is 0 Å². The van der Waals surface area contributed by atoms with Gasteiger partial charge in [0.1, 0.15) is 0 Å². The second-order valence-corrected chi connectivity index (χ2v) is 7.23. The third-order valence-corrected chi connectivity index (χ3v) is 5.10. The molecule has 4 heteroatoms. The summed E-state index contributed by atoms with van der Waals surface area (Å²) in [6, 6.07) is 12.8. The average molecular weight is 378 g/mol. The van der Waals surface area contributed by atoms with E-state index in [4.69, 9.17) is 9.47 Å². The molecule has 1 aliphatic rings. The van der Waals surface area contributed by atoms with Crippen molar-refractivity contribution in [2.75, 3.05) is 7.11 Å². The lowest BCUT2D eigenvalue weighted by atomic mass is 9.89. The van der Waals surface area contributed by atoms with E-state index in [9.17, 15) is 9.59 Å². The molecular weight excluding hydrogens is 352 g/mol. The number of carbonyl (C=O) groups is 2. The summed E-state index contributed by atoms with van der Waals surface area (Å²) in [5.74, 6) is 0.627. The first-order valence-electron chi connectivity index (χ1n) is 9.75. The van der Waals surface area contributed by atoms with Gasteiger partial charge in [0.05, 0.1) is 13.0 Å². The van der Waals surface area contributed by atoms with Crippen LogP contribution in [-0.2, 0) is 4.79 Å². The fraction of sp³-hybridized carbons (Fsp3) is 0.333. The topological polar surface area (TPSA) is 52.6 Å². The largest absolute Gasteiger partial charge is 0.493 e. The Morgan fingerprint density at radius 2 is 1.68 bits per heavy atom. The van der Waals surface area contributed by atoms with E-state index in [0.29, 0.717) is 17.1 Å². The molecule has 0 N–H and O–H groups in total. The van der Waals surface area contributed by atoms with Gasteiger partial charge in [-0.2, -0.15) is 0 Å². The number of ether oxygens (including phenoxy) is 2. The number of ketones is 1. The quantitative estimate of drug-likeness (QED) is 0.293. The van der Waals surface area contributed by atoms with Crippen LogP contribution in [-0.4, -0.2) is 18.9 Å². The average Bonchev–Trinajstić information content (AvgIpc) is 2.73. The maximum Gasteiger partial charge on any atom is 0.314 e. The van der Waals surface area contributed by atoms with Crippen molar-refractivity contribution in [2.45, 2.75) is 39.0 Å². The maximum absolute atomic E-state index is 12.4. The van der Waals surface area contributed by atoms with E-state index in [0.717, 1.165) is 36.8 Å². The van der Waals surface area contributed by atoms with Crippen molar-refractivity contribution in [3.05, 3.63) is 65.2 Å². The van der Waals surface area contributed by atoms with Gasteiger partial charge in [-0.05, 0) is 43.5 Å². The Morgan fingerprint density at radius 3 is 2.36 bits per heavy atom. The summed E-state index contributed by atoms with van der Waals surface area (Å²) in [6.07, 6.45) is 8.40. The van der Waals surface area contributed by atoms with Crippen LogP contribution < -0.4 is 9.47 Å². The third kappa shape index (κ3) is 5.10. The van der Waals surface area contributed by atoms with E-state index >= 15 is 0 Å². The molecule has 28 heavy (non-hydrogen) atoms. The zero-order valence-electron chi connectivity index (χ0n) is 16.4. The standard InChI is InChI=1S/C24H26O4/c1-17-8-12-19(13-9-17)21(25)14-10-18-11-15-22(23(16-18)27-2)28-24(26)20-6-4-3-5-7-20/h8-16,20H,3-7H2,1-2H3/b14-10+. The molecule has 1 fully saturated rings. The van der Waals surface area contributed by atoms with Gasteiger partial charge in [-0.3, -0.25) is 9.59 Å². The summed E-state index contributed by atoms with van der Waals surface area (Å²) in [4.78, 5) is 24.7. The van der Waals surface area contributed by atoms with E-state index in [1.165, 1.54) is 19.6 Å². The van der Waals surface area contributed by atoms with Crippen molar-refractivity contribution < 1.29 is 19.1 Å². The Kier molecular flexibility index (Phi) is 6.64. The van der Waals surface area contributed by atoms with Crippen molar-refractivity contribution >= 4 is 17.8 Å². The molecule has 3 rings (SSSR count). The van der Waals surface area contributed by atoms with Gasteiger partial charge in [0.2, 0.25) is 0 Å². The Morgan fingerprint density at radius 1 is 0.964 bits per heavy atom. The van der Waals surface area contributed by atoms with Gasteiger partial charge in [0, 0.05) is 5.56 Å². The van der Waals surface area contributed by atoms with Crippen molar-refractivity contribution in [3.8, 4) is 11.5 Å². The molecule has 1 saturated carbocycles. The Labute approximate surface area is 166 Å². The van der Waals surface area contributed by atoms with Gasteiger partial charge in [-0.1, -0.05) is 61.2 Å². The van der Waals surface area contributed by atoms with Crippen molar-refractivity contribution in [1.82, 2.24) is 0 Å². The summed E-state index contributed by atoms with van der Waals surface area (Å²) < 4.78 is 11.0. The number of methoxy groups -OCH3 is 1. The van der Waals surface area contributed by atoms with Crippen LogP contribution in [0.25, 0.3) is 6.08 Å². The van der Waals surface area contributed by atoms with E-state index in [1.54, 1.807) is 18.2 Å². The summed E-state index contributed by atoms with van der Waals surface area (Å²) in [6.45, 7) is 1.99. The number of hydrogen-bond donors (Lipinski definition) is 0. The molecule has 0 atom stereocenters. The lowest BCUT2D eigenvalue weighted by molar-refractivity contribution is -0.140. The number of esters is 1. The molecule has 0 saturated heterocycles. The van der Waals surface area contributed by atoms with Gasteiger partial charge in [0.15, 0.2) is 17.3 Å². The van der Waals surface area contributed by atoms with Gasteiger partial charge < -0.3 is 9.47 Å². The lowest BCUT2D eigenvalue weighted by Gasteiger charge is -2.20. The van der Waals surface area contributed by atoms with Gasteiger partial charge in [0.25, 0.3) is 0 Å². The fourth-order valence-corrected chi connectivity index (χ4v) is 3.39. The molecule has 2 aromatic rings. The van der Waals surface area contributed by atoms with Crippen molar-refractivity contribution in [3.63, 3.8) is 0 Å². The molecule has 0 aliphatic heterocycles. The predicted octanol–water partition coefficient (Wildman–Crippen LogP) is 5.39. The predicted molar refractivity (Wildman–Crippen MR) is 110 cm³/mol. The minimum absolute atomic E-state index is 0.0230. The van der Waals surface area contributed by atoms with Gasteiger partial charge in [-0.25, -0.2) is 0 Å². The zero-order valence-corrected chi connectivity index (χ0v) is 16.4. The number of hydrogen-bond acceptors (Lipinski definition) is 4. The highest BCUT2D eigenvalue weighted by molar-refractivity contribution is 6.06. The molecule has 2 aromatic carbocycles. The lowest BCUT2D eigenvalue weighted by Crippen LogP contribution is -2.22. The van der Waals surface area contributed by atoms with Crippen LogP contribution in [0.5, 0.6) is 11.5 Å². The highest BCUT2D eigenvalue weighted by atomic mass is 16.6. The third-order valence-electron chi connectivity index (χ3n) is 5.10. The number of carbonyl (C=O) groups excluding carboxylic acids is 2. The molecule has 146 valence electrons. The fourth-order valence-electron chi connectivity index (χ4n) is 3.39. The van der Waals surface area contributed by atoms with Crippen LogP contribution in [0.1, 0.15) is 53.6 Å². The Bertz CT molecular complexity index is 859. The van der Waals surface area contributed by atoms with E-state index in [2.05, 4.69) is 0 Å². The summed E-state index contributed by atoms with van der Waals surface area (Å²) in [5.41, 5.74) is 2.56. The van der Waals surface area contributed by atoms with Crippen LogP contribution >= 0.6 is 0 Å². The minimum atomic E-state index is -0.184. The van der Waals surface area contributed by atoms with Gasteiger partial charge >= 0.3 is 5.97 Å². The molecule has 0 heterocycles. The van der Waals surface area contributed by atoms with Crippen LogP contribution in [0.3, 0.4) is 0 Å². The van der Waals surface area contributed by atoms with E-state index in [1.807, 2.05) is 37.3 Å². The Balaban J connectivity index is 1.69. The number of rotatable bonds is 6. The monoisotopic (exact) mass is 378 g/mol. The zero-order chi connectivity index (χ0) is 19.9. The normalized spacial score (nSPS) is 14.8. The molecule has 0 amide bonds. The smallest absolute Gasteiger partial charge is 0.314 e. The first kappa shape index (κ1) is 19.9.